The number of hydrogen-bond acceptors (Lipinski definition) is 5. The zero-order valence-corrected chi connectivity index (χ0v) is 12.6. The molecule has 2 rings (SSSR count). The Labute approximate surface area is 128 Å². The zero-order valence-electron chi connectivity index (χ0n) is 11.8. The molecular formula is C15H16ClN3O2. The molecule has 2 aromatic rings. The summed E-state index contributed by atoms with van der Waals surface area (Å²) in [6, 6.07) is 10.2. The Morgan fingerprint density at radius 3 is 2.67 bits per heavy atom. The van der Waals surface area contributed by atoms with Gasteiger partial charge in [-0.2, -0.15) is 0 Å². The topological polar surface area (TPSA) is 64.1 Å². The van der Waals surface area contributed by atoms with Gasteiger partial charge in [-0.05, 0) is 5.56 Å². The van der Waals surface area contributed by atoms with Crippen LogP contribution < -0.4 is 5.32 Å². The van der Waals surface area contributed by atoms with Crippen LogP contribution >= 0.6 is 11.6 Å². The van der Waals surface area contributed by atoms with E-state index in [9.17, 15) is 4.79 Å². The van der Waals surface area contributed by atoms with Crippen molar-refractivity contribution in [2.45, 2.75) is 19.4 Å². The number of hydrogen-bond donors (Lipinski definition) is 1. The first-order valence-corrected chi connectivity index (χ1v) is 6.94. The maximum Gasteiger partial charge on any atom is 0.333 e. The van der Waals surface area contributed by atoms with E-state index in [1.807, 2.05) is 37.3 Å². The van der Waals surface area contributed by atoms with Gasteiger partial charge >= 0.3 is 5.97 Å². The number of aryl methyl sites for hydroxylation is 1. The largest absolute Gasteiger partial charge is 0.467 e. The quantitative estimate of drug-likeness (QED) is 0.679. The number of ether oxygens (including phenoxy) is 1. The predicted molar refractivity (Wildman–Crippen MR) is 81.2 cm³/mol. The smallest absolute Gasteiger partial charge is 0.333 e. The maximum atomic E-state index is 12.0. The summed E-state index contributed by atoms with van der Waals surface area (Å²) in [7, 11) is 1.35. The lowest BCUT2D eigenvalue weighted by atomic mass is 10.1. The summed E-state index contributed by atoms with van der Waals surface area (Å²) in [5.41, 5.74) is 0.789. The van der Waals surface area contributed by atoms with E-state index >= 15 is 0 Å². The molecule has 0 bridgehead atoms. The van der Waals surface area contributed by atoms with Gasteiger partial charge in [0.1, 0.15) is 16.8 Å². The van der Waals surface area contributed by atoms with Crippen LogP contribution in [0.2, 0.25) is 5.15 Å². The van der Waals surface area contributed by atoms with Crippen LogP contribution in [-0.2, 0) is 16.0 Å². The number of halogens is 1. The molecule has 6 heteroatoms. The first-order valence-electron chi connectivity index (χ1n) is 6.56. The summed E-state index contributed by atoms with van der Waals surface area (Å²) in [4.78, 5) is 20.4. The van der Waals surface area contributed by atoms with Crippen molar-refractivity contribution < 1.29 is 9.53 Å². The van der Waals surface area contributed by atoms with Gasteiger partial charge in [-0.25, -0.2) is 14.8 Å². The molecule has 5 nitrogen and oxygen atoms in total. The number of carbonyl (C=O) groups is 1. The van der Waals surface area contributed by atoms with Crippen LogP contribution in [0.15, 0.2) is 36.4 Å². The first-order chi connectivity index (χ1) is 10.1. The van der Waals surface area contributed by atoms with Gasteiger partial charge in [0.15, 0.2) is 6.04 Å². The summed E-state index contributed by atoms with van der Waals surface area (Å²) < 4.78 is 4.85. The van der Waals surface area contributed by atoms with Gasteiger partial charge in [0, 0.05) is 12.5 Å². The lowest BCUT2D eigenvalue weighted by Crippen LogP contribution is -2.23. The minimum Gasteiger partial charge on any atom is -0.467 e. The van der Waals surface area contributed by atoms with E-state index in [1.165, 1.54) is 7.11 Å². The van der Waals surface area contributed by atoms with Gasteiger partial charge in [0.25, 0.3) is 0 Å². The van der Waals surface area contributed by atoms with Crippen LogP contribution in [0.25, 0.3) is 0 Å². The fourth-order valence-corrected chi connectivity index (χ4v) is 2.09. The van der Waals surface area contributed by atoms with Crippen molar-refractivity contribution in [3.05, 3.63) is 52.9 Å². The second kappa shape index (κ2) is 7.04. The summed E-state index contributed by atoms with van der Waals surface area (Å²) in [5.74, 6) is 0.710. The fraction of sp³-hybridized carbons (Fsp3) is 0.267. The van der Waals surface area contributed by atoms with Gasteiger partial charge in [-0.1, -0.05) is 48.9 Å². The third kappa shape index (κ3) is 3.92. The highest BCUT2D eigenvalue weighted by Gasteiger charge is 2.21. The lowest BCUT2D eigenvalue weighted by molar-refractivity contribution is -0.141. The molecule has 110 valence electrons. The average molecular weight is 306 g/mol. The number of esters is 1. The second-order valence-electron chi connectivity index (χ2n) is 4.36. The fourth-order valence-electron chi connectivity index (χ4n) is 1.89. The van der Waals surface area contributed by atoms with E-state index in [2.05, 4.69) is 15.3 Å². The molecule has 1 unspecified atom stereocenters. The first kappa shape index (κ1) is 15.3. The van der Waals surface area contributed by atoms with Gasteiger partial charge in [-0.3, -0.25) is 0 Å². The highest BCUT2D eigenvalue weighted by Crippen LogP contribution is 2.21. The van der Waals surface area contributed by atoms with E-state index in [0.717, 1.165) is 5.56 Å². The van der Waals surface area contributed by atoms with Gasteiger partial charge in [-0.15, -0.1) is 0 Å². The van der Waals surface area contributed by atoms with E-state index in [0.29, 0.717) is 23.2 Å². The van der Waals surface area contributed by atoms with Gasteiger partial charge in [0.05, 0.1) is 7.11 Å². The molecule has 1 N–H and O–H groups in total. The minimum atomic E-state index is -0.646. The van der Waals surface area contributed by atoms with E-state index in [-0.39, 0.29) is 0 Å². The van der Waals surface area contributed by atoms with Crippen molar-refractivity contribution in [1.29, 1.82) is 0 Å². The van der Waals surface area contributed by atoms with Gasteiger partial charge in [0.2, 0.25) is 0 Å². The van der Waals surface area contributed by atoms with Crippen molar-refractivity contribution in [3.8, 4) is 0 Å². The molecule has 1 atom stereocenters. The average Bonchev–Trinajstić information content (AvgIpc) is 2.52. The van der Waals surface area contributed by atoms with E-state index in [1.54, 1.807) is 6.07 Å². The SMILES string of the molecule is CCc1nc(Cl)cc(NC(C(=O)OC)c2ccccc2)n1. The standard InChI is InChI=1S/C15H16ClN3O2/c1-3-12-17-11(16)9-13(18-12)19-14(15(20)21-2)10-7-5-4-6-8-10/h4-9,14H,3H2,1-2H3,(H,17,18,19). The molecule has 0 aliphatic heterocycles. The third-order valence-corrected chi connectivity index (χ3v) is 3.11. The number of benzene rings is 1. The van der Waals surface area contributed by atoms with Crippen LogP contribution in [-0.4, -0.2) is 23.0 Å². The van der Waals surface area contributed by atoms with E-state index in [4.69, 9.17) is 16.3 Å². The highest BCUT2D eigenvalue weighted by atomic mass is 35.5. The maximum absolute atomic E-state index is 12.0. The monoisotopic (exact) mass is 305 g/mol. The van der Waals surface area contributed by atoms with Crippen molar-refractivity contribution in [2.75, 3.05) is 12.4 Å². The van der Waals surface area contributed by atoms with Crippen molar-refractivity contribution >= 4 is 23.4 Å². The molecular weight excluding hydrogens is 290 g/mol. The highest BCUT2D eigenvalue weighted by molar-refractivity contribution is 6.29. The molecule has 0 saturated carbocycles. The summed E-state index contributed by atoms with van der Waals surface area (Å²) in [6.45, 7) is 1.93. The number of methoxy groups -OCH3 is 1. The number of nitrogens with one attached hydrogen (secondary N) is 1. The summed E-state index contributed by atoms with van der Waals surface area (Å²) in [6.07, 6.45) is 0.656. The molecule has 21 heavy (non-hydrogen) atoms. The van der Waals surface area contributed by atoms with E-state index < -0.39 is 12.0 Å². The molecule has 0 aliphatic carbocycles. The van der Waals surface area contributed by atoms with Crippen LogP contribution in [0.1, 0.15) is 24.4 Å². The molecule has 0 aliphatic rings. The van der Waals surface area contributed by atoms with Crippen molar-refractivity contribution in [1.82, 2.24) is 9.97 Å². The number of anilines is 1. The Balaban J connectivity index is 2.31. The zero-order chi connectivity index (χ0) is 15.2. The Morgan fingerprint density at radius 2 is 2.05 bits per heavy atom. The minimum absolute atomic E-state index is 0.334. The number of nitrogens with zero attached hydrogens (tertiary/aromatic N) is 2. The van der Waals surface area contributed by atoms with Gasteiger partial charge < -0.3 is 10.1 Å². The molecule has 1 aromatic heterocycles. The molecule has 1 heterocycles. The molecule has 1 aromatic carbocycles. The lowest BCUT2D eigenvalue weighted by Gasteiger charge is -2.17. The molecule has 0 amide bonds. The molecule has 0 fully saturated rings. The normalized spacial score (nSPS) is 11.8. The predicted octanol–water partition coefficient (Wildman–Crippen LogP) is 3.02. The van der Waals surface area contributed by atoms with Crippen LogP contribution in [0.4, 0.5) is 5.82 Å². The summed E-state index contributed by atoms with van der Waals surface area (Å²) in [5, 5.41) is 3.39. The summed E-state index contributed by atoms with van der Waals surface area (Å²) >= 11 is 5.96. The Morgan fingerprint density at radius 1 is 1.33 bits per heavy atom. The Kier molecular flexibility index (Phi) is 5.11. The number of aromatic nitrogens is 2. The van der Waals surface area contributed by atoms with Crippen LogP contribution in [0.3, 0.4) is 0 Å². The second-order valence-corrected chi connectivity index (χ2v) is 4.74. The third-order valence-electron chi connectivity index (χ3n) is 2.92. The molecule has 0 spiro atoms. The van der Waals surface area contributed by atoms with Crippen LogP contribution in [0, 0.1) is 0 Å². The number of carbonyl (C=O) groups excluding carboxylic acids is 1. The van der Waals surface area contributed by atoms with Crippen LogP contribution in [0.5, 0.6) is 0 Å². The molecule has 0 radical (unpaired) electrons. The Hall–Kier alpha value is -2.14. The van der Waals surface area contributed by atoms with Crippen molar-refractivity contribution in [3.63, 3.8) is 0 Å². The number of rotatable bonds is 5. The Bertz CT molecular complexity index is 620. The molecule has 0 saturated heterocycles. The van der Waals surface area contributed by atoms with Crippen molar-refractivity contribution in [2.24, 2.45) is 0 Å².